The third-order valence-electron chi connectivity index (χ3n) is 2.97. The van der Waals surface area contributed by atoms with Crippen LogP contribution >= 0.6 is 0 Å². The highest BCUT2D eigenvalue weighted by molar-refractivity contribution is 5.78. The Kier molecular flexibility index (Phi) is 2.86. The molecule has 0 heterocycles. The smallest absolute Gasteiger partial charge is 0.314 e. The number of esters is 1. The van der Waals surface area contributed by atoms with Gasteiger partial charge in [-0.3, -0.25) is 4.79 Å². The fourth-order valence-electron chi connectivity index (χ4n) is 1.56. The third kappa shape index (κ3) is 2.03. The molecule has 0 spiro atoms. The second-order valence-corrected chi connectivity index (χ2v) is 4.23. The molecule has 16 heavy (non-hydrogen) atoms. The Morgan fingerprint density at radius 3 is 2.56 bits per heavy atom. The zero-order chi connectivity index (χ0) is 11.7. The van der Waals surface area contributed by atoms with E-state index in [4.69, 9.17) is 9.47 Å². The number of aryl methyl sites for hydroxylation is 1. The van der Waals surface area contributed by atoms with Crippen LogP contribution in [-0.2, 0) is 4.79 Å². The molecular formula is C13H16O3. The summed E-state index contributed by atoms with van der Waals surface area (Å²) in [6.45, 7) is 3.93. The molecule has 0 amide bonds. The van der Waals surface area contributed by atoms with E-state index in [-0.39, 0.29) is 11.9 Å². The molecule has 1 aromatic rings. The van der Waals surface area contributed by atoms with Gasteiger partial charge < -0.3 is 9.47 Å². The highest BCUT2D eigenvalue weighted by Crippen LogP contribution is 2.36. The van der Waals surface area contributed by atoms with Crippen molar-refractivity contribution in [2.75, 3.05) is 7.11 Å². The molecule has 0 bridgehead atoms. The van der Waals surface area contributed by atoms with Gasteiger partial charge in [0.1, 0.15) is 0 Å². The van der Waals surface area contributed by atoms with Gasteiger partial charge in [0.2, 0.25) is 0 Å². The number of carbonyl (C=O) groups excluding carboxylic acids is 1. The van der Waals surface area contributed by atoms with Crippen molar-refractivity contribution in [3.05, 3.63) is 23.3 Å². The van der Waals surface area contributed by atoms with Crippen LogP contribution in [0.15, 0.2) is 12.1 Å². The molecule has 0 aromatic heterocycles. The Bertz CT molecular complexity index is 419. The SMILES string of the molecule is COc1ccc(C)c(C)c1OC(=O)C1CC1. The lowest BCUT2D eigenvalue weighted by molar-refractivity contribution is -0.135. The van der Waals surface area contributed by atoms with E-state index in [2.05, 4.69) is 0 Å². The summed E-state index contributed by atoms with van der Waals surface area (Å²) in [5.74, 6) is 1.16. The number of ether oxygens (including phenoxy) is 2. The summed E-state index contributed by atoms with van der Waals surface area (Å²) >= 11 is 0. The number of hydrogen-bond donors (Lipinski definition) is 0. The Labute approximate surface area is 95.4 Å². The summed E-state index contributed by atoms with van der Waals surface area (Å²) in [6.07, 6.45) is 1.90. The number of benzene rings is 1. The molecular weight excluding hydrogens is 204 g/mol. The van der Waals surface area contributed by atoms with Crippen molar-refractivity contribution in [2.24, 2.45) is 5.92 Å². The van der Waals surface area contributed by atoms with Crippen molar-refractivity contribution < 1.29 is 14.3 Å². The highest BCUT2D eigenvalue weighted by atomic mass is 16.6. The molecule has 1 aliphatic carbocycles. The molecule has 0 atom stereocenters. The Morgan fingerprint density at radius 1 is 1.31 bits per heavy atom. The topological polar surface area (TPSA) is 35.5 Å². The van der Waals surface area contributed by atoms with Crippen LogP contribution in [0.5, 0.6) is 11.5 Å². The summed E-state index contributed by atoms with van der Waals surface area (Å²) in [6, 6.07) is 3.79. The lowest BCUT2D eigenvalue weighted by Crippen LogP contribution is -2.11. The minimum Gasteiger partial charge on any atom is -0.493 e. The summed E-state index contributed by atoms with van der Waals surface area (Å²) in [5, 5.41) is 0. The molecule has 3 nitrogen and oxygen atoms in total. The Hall–Kier alpha value is -1.51. The van der Waals surface area contributed by atoms with E-state index in [0.29, 0.717) is 11.5 Å². The molecule has 1 saturated carbocycles. The monoisotopic (exact) mass is 220 g/mol. The first-order valence-corrected chi connectivity index (χ1v) is 5.49. The molecule has 1 fully saturated rings. The maximum atomic E-state index is 11.6. The van der Waals surface area contributed by atoms with Gasteiger partial charge in [-0.2, -0.15) is 0 Å². The summed E-state index contributed by atoms with van der Waals surface area (Å²) < 4.78 is 10.6. The van der Waals surface area contributed by atoms with Crippen molar-refractivity contribution >= 4 is 5.97 Å². The van der Waals surface area contributed by atoms with Gasteiger partial charge in [0.15, 0.2) is 11.5 Å². The molecule has 0 N–H and O–H groups in total. The average Bonchev–Trinajstić information content (AvgIpc) is 3.08. The van der Waals surface area contributed by atoms with Gasteiger partial charge in [-0.25, -0.2) is 0 Å². The molecule has 0 aliphatic heterocycles. The summed E-state index contributed by atoms with van der Waals surface area (Å²) in [7, 11) is 1.58. The maximum absolute atomic E-state index is 11.6. The van der Waals surface area contributed by atoms with Crippen molar-refractivity contribution in [3.63, 3.8) is 0 Å². The van der Waals surface area contributed by atoms with Crippen LogP contribution < -0.4 is 9.47 Å². The zero-order valence-electron chi connectivity index (χ0n) is 9.87. The molecule has 3 heteroatoms. The van der Waals surface area contributed by atoms with E-state index in [0.717, 1.165) is 24.0 Å². The van der Waals surface area contributed by atoms with Crippen LogP contribution in [0.3, 0.4) is 0 Å². The predicted molar refractivity (Wildman–Crippen MR) is 60.8 cm³/mol. The standard InChI is InChI=1S/C13H16O3/c1-8-4-7-11(15-3)12(9(8)2)16-13(14)10-5-6-10/h4,7,10H,5-6H2,1-3H3. The van der Waals surface area contributed by atoms with Gasteiger partial charge in [-0.15, -0.1) is 0 Å². The van der Waals surface area contributed by atoms with E-state index >= 15 is 0 Å². The molecule has 1 aliphatic rings. The fourth-order valence-corrected chi connectivity index (χ4v) is 1.56. The zero-order valence-corrected chi connectivity index (χ0v) is 9.87. The van der Waals surface area contributed by atoms with Crippen molar-refractivity contribution in [1.29, 1.82) is 0 Å². The second kappa shape index (κ2) is 4.16. The van der Waals surface area contributed by atoms with Crippen LogP contribution in [0.4, 0.5) is 0 Å². The van der Waals surface area contributed by atoms with E-state index < -0.39 is 0 Å². The fraction of sp³-hybridized carbons (Fsp3) is 0.462. The van der Waals surface area contributed by atoms with Crippen LogP contribution in [-0.4, -0.2) is 13.1 Å². The number of hydrogen-bond acceptors (Lipinski definition) is 3. The van der Waals surface area contributed by atoms with Crippen molar-refractivity contribution in [3.8, 4) is 11.5 Å². The summed E-state index contributed by atoms with van der Waals surface area (Å²) in [5.41, 5.74) is 2.06. The van der Waals surface area contributed by atoms with Crippen LogP contribution in [0.1, 0.15) is 24.0 Å². The Morgan fingerprint density at radius 2 is 2.00 bits per heavy atom. The first-order valence-electron chi connectivity index (χ1n) is 5.49. The quantitative estimate of drug-likeness (QED) is 0.580. The first kappa shape index (κ1) is 11.0. The minimum absolute atomic E-state index is 0.101. The lowest BCUT2D eigenvalue weighted by atomic mass is 10.1. The van der Waals surface area contributed by atoms with E-state index in [1.165, 1.54) is 0 Å². The predicted octanol–water partition coefficient (Wildman–Crippen LogP) is 2.63. The molecule has 0 unspecified atom stereocenters. The summed E-state index contributed by atoms with van der Waals surface area (Å²) in [4.78, 5) is 11.6. The van der Waals surface area contributed by atoms with E-state index in [1.54, 1.807) is 7.11 Å². The average molecular weight is 220 g/mol. The molecule has 0 saturated heterocycles. The largest absolute Gasteiger partial charge is 0.493 e. The van der Waals surface area contributed by atoms with E-state index in [9.17, 15) is 4.79 Å². The van der Waals surface area contributed by atoms with Gasteiger partial charge in [-0.05, 0) is 43.9 Å². The minimum atomic E-state index is -0.132. The molecule has 0 radical (unpaired) electrons. The molecule has 1 aromatic carbocycles. The van der Waals surface area contributed by atoms with Gasteiger partial charge in [0, 0.05) is 0 Å². The van der Waals surface area contributed by atoms with Crippen molar-refractivity contribution in [2.45, 2.75) is 26.7 Å². The van der Waals surface area contributed by atoms with Gasteiger partial charge >= 0.3 is 5.97 Å². The Balaban J connectivity index is 2.29. The van der Waals surface area contributed by atoms with Crippen LogP contribution in [0.2, 0.25) is 0 Å². The normalized spacial score (nSPS) is 14.7. The van der Waals surface area contributed by atoms with Gasteiger partial charge in [-0.1, -0.05) is 6.07 Å². The number of methoxy groups -OCH3 is 1. The third-order valence-corrected chi connectivity index (χ3v) is 2.97. The number of carbonyl (C=O) groups is 1. The molecule has 86 valence electrons. The van der Waals surface area contributed by atoms with E-state index in [1.807, 2.05) is 26.0 Å². The highest BCUT2D eigenvalue weighted by Gasteiger charge is 2.32. The van der Waals surface area contributed by atoms with Crippen molar-refractivity contribution in [1.82, 2.24) is 0 Å². The lowest BCUT2D eigenvalue weighted by Gasteiger charge is -2.13. The maximum Gasteiger partial charge on any atom is 0.314 e. The molecule has 2 rings (SSSR count). The van der Waals surface area contributed by atoms with Gasteiger partial charge in [0.05, 0.1) is 13.0 Å². The van der Waals surface area contributed by atoms with Gasteiger partial charge in [0.25, 0.3) is 0 Å². The number of rotatable bonds is 3. The second-order valence-electron chi connectivity index (χ2n) is 4.23. The van der Waals surface area contributed by atoms with Crippen LogP contribution in [0, 0.1) is 19.8 Å². The van der Waals surface area contributed by atoms with Crippen LogP contribution in [0.25, 0.3) is 0 Å². The first-order chi connectivity index (χ1) is 7.63.